The molecule has 132 valence electrons. The van der Waals surface area contributed by atoms with Gasteiger partial charge in [-0.3, -0.25) is 9.59 Å². The van der Waals surface area contributed by atoms with Crippen molar-refractivity contribution < 1.29 is 9.59 Å². The molecule has 0 aliphatic heterocycles. The molecule has 0 spiro atoms. The fraction of sp³-hybridized carbons (Fsp3) is 0.579. The van der Waals surface area contributed by atoms with Crippen molar-refractivity contribution in [2.45, 2.75) is 71.0 Å². The van der Waals surface area contributed by atoms with Crippen molar-refractivity contribution in [1.82, 2.24) is 10.2 Å². The number of hydrogen-bond donors (Lipinski definition) is 1. The zero-order valence-electron chi connectivity index (χ0n) is 14.6. The van der Waals surface area contributed by atoms with Crippen molar-refractivity contribution in [3.63, 3.8) is 0 Å². The lowest BCUT2D eigenvalue weighted by Crippen LogP contribution is -2.49. The van der Waals surface area contributed by atoms with E-state index in [-0.39, 0.29) is 17.9 Å². The third-order valence-electron chi connectivity index (χ3n) is 4.57. The van der Waals surface area contributed by atoms with Crippen LogP contribution in [0.3, 0.4) is 0 Å². The molecule has 4 nitrogen and oxygen atoms in total. The van der Waals surface area contributed by atoms with Crippen molar-refractivity contribution >= 4 is 23.4 Å². The summed E-state index contributed by atoms with van der Waals surface area (Å²) < 4.78 is 0. The minimum absolute atomic E-state index is 0.00606. The highest BCUT2D eigenvalue weighted by Crippen LogP contribution is 2.19. The molecule has 0 aromatic heterocycles. The van der Waals surface area contributed by atoms with Crippen LogP contribution in [0.5, 0.6) is 0 Å². The first-order valence-electron chi connectivity index (χ1n) is 8.85. The zero-order chi connectivity index (χ0) is 17.5. The van der Waals surface area contributed by atoms with E-state index in [2.05, 4.69) is 5.32 Å². The number of nitrogens with one attached hydrogen (secondary N) is 1. The molecule has 0 bridgehead atoms. The third kappa shape index (κ3) is 5.23. The topological polar surface area (TPSA) is 49.4 Å². The van der Waals surface area contributed by atoms with Crippen LogP contribution in [0, 0.1) is 0 Å². The Hall–Kier alpha value is -1.55. The van der Waals surface area contributed by atoms with Crippen LogP contribution in [0.15, 0.2) is 24.3 Å². The van der Waals surface area contributed by atoms with Crippen molar-refractivity contribution in [1.29, 1.82) is 0 Å². The SMILES string of the molecule is CCCC(=O)N(Cc1cccc(Cl)c1)[C@@H](C)C(=O)NC1CCCC1. The molecule has 2 amide bonds. The first-order chi connectivity index (χ1) is 11.5. The molecule has 1 N–H and O–H groups in total. The Bertz CT molecular complexity index is 570. The van der Waals surface area contributed by atoms with E-state index >= 15 is 0 Å². The van der Waals surface area contributed by atoms with Gasteiger partial charge in [-0.15, -0.1) is 0 Å². The molecule has 2 rings (SSSR count). The number of amides is 2. The molecular weight excluding hydrogens is 324 g/mol. The van der Waals surface area contributed by atoms with E-state index in [4.69, 9.17) is 11.6 Å². The van der Waals surface area contributed by atoms with Gasteiger partial charge in [-0.25, -0.2) is 0 Å². The van der Waals surface area contributed by atoms with Gasteiger partial charge in [-0.2, -0.15) is 0 Å². The Morgan fingerprint density at radius 1 is 1.33 bits per heavy atom. The van der Waals surface area contributed by atoms with Crippen LogP contribution in [0.1, 0.15) is 57.9 Å². The molecule has 1 aliphatic carbocycles. The molecular formula is C19H27ClN2O2. The van der Waals surface area contributed by atoms with Crippen LogP contribution in [-0.2, 0) is 16.1 Å². The third-order valence-corrected chi connectivity index (χ3v) is 4.81. The first-order valence-corrected chi connectivity index (χ1v) is 9.23. The van der Waals surface area contributed by atoms with Gasteiger partial charge in [0, 0.05) is 24.0 Å². The summed E-state index contributed by atoms with van der Waals surface area (Å²) in [5.74, 6) is -0.0556. The monoisotopic (exact) mass is 350 g/mol. The Labute approximate surface area is 149 Å². The van der Waals surface area contributed by atoms with E-state index < -0.39 is 6.04 Å². The average Bonchev–Trinajstić information content (AvgIpc) is 3.05. The number of halogens is 1. The molecule has 1 saturated carbocycles. The number of carbonyl (C=O) groups is 2. The van der Waals surface area contributed by atoms with Gasteiger partial charge >= 0.3 is 0 Å². The van der Waals surface area contributed by atoms with Gasteiger partial charge in [0.25, 0.3) is 0 Å². The van der Waals surface area contributed by atoms with Gasteiger partial charge in [0.05, 0.1) is 0 Å². The second-order valence-electron chi connectivity index (χ2n) is 6.57. The van der Waals surface area contributed by atoms with Gasteiger partial charge in [-0.1, -0.05) is 43.5 Å². The Morgan fingerprint density at radius 2 is 2.04 bits per heavy atom. The lowest BCUT2D eigenvalue weighted by Gasteiger charge is -2.29. The van der Waals surface area contributed by atoms with E-state index in [9.17, 15) is 9.59 Å². The highest BCUT2D eigenvalue weighted by atomic mass is 35.5. The molecule has 0 radical (unpaired) electrons. The van der Waals surface area contributed by atoms with Crippen molar-refractivity contribution in [3.05, 3.63) is 34.9 Å². The predicted octanol–water partition coefficient (Wildman–Crippen LogP) is 3.92. The highest BCUT2D eigenvalue weighted by Gasteiger charge is 2.27. The molecule has 0 unspecified atom stereocenters. The van der Waals surface area contributed by atoms with Gasteiger partial charge in [-0.05, 0) is 43.9 Å². The summed E-state index contributed by atoms with van der Waals surface area (Å²) in [7, 11) is 0. The average molecular weight is 351 g/mol. The zero-order valence-corrected chi connectivity index (χ0v) is 15.3. The summed E-state index contributed by atoms with van der Waals surface area (Å²) in [6.07, 6.45) is 5.62. The number of carbonyl (C=O) groups excluding carboxylic acids is 2. The van der Waals surface area contributed by atoms with E-state index in [0.717, 1.165) is 24.8 Å². The fourth-order valence-corrected chi connectivity index (χ4v) is 3.38. The van der Waals surface area contributed by atoms with Crippen LogP contribution in [-0.4, -0.2) is 28.8 Å². The molecule has 0 heterocycles. The standard InChI is InChI=1S/C19H27ClN2O2/c1-3-7-18(23)22(13-15-8-6-9-16(20)12-15)14(2)19(24)21-17-10-4-5-11-17/h6,8-9,12,14,17H,3-5,7,10-11,13H2,1-2H3,(H,21,24)/t14-/m0/s1. The maximum Gasteiger partial charge on any atom is 0.242 e. The molecule has 1 aromatic rings. The molecule has 1 aliphatic rings. The maximum atomic E-state index is 12.6. The van der Waals surface area contributed by atoms with Gasteiger partial charge in [0.15, 0.2) is 0 Å². The van der Waals surface area contributed by atoms with Crippen LogP contribution in [0.4, 0.5) is 0 Å². The fourth-order valence-electron chi connectivity index (χ4n) is 3.16. The summed E-state index contributed by atoms with van der Waals surface area (Å²) in [6.45, 7) is 4.18. The van der Waals surface area contributed by atoms with E-state index in [1.807, 2.05) is 32.0 Å². The largest absolute Gasteiger partial charge is 0.352 e. The van der Waals surface area contributed by atoms with Crippen LogP contribution in [0.25, 0.3) is 0 Å². The second-order valence-corrected chi connectivity index (χ2v) is 7.00. The summed E-state index contributed by atoms with van der Waals surface area (Å²) in [4.78, 5) is 26.8. The summed E-state index contributed by atoms with van der Waals surface area (Å²) in [5.41, 5.74) is 0.937. The normalized spacial score (nSPS) is 16.0. The summed E-state index contributed by atoms with van der Waals surface area (Å²) >= 11 is 6.04. The van der Waals surface area contributed by atoms with E-state index in [1.165, 1.54) is 12.8 Å². The van der Waals surface area contributed by atoms with E-state index in [0.29, 0.717) is 18.0 Å². The van der Waals surface area contributed by atoms with Gasteiger partial charge in [0.1, 0.15) is 6.04 Å². The summed E-state index contributed by atoms with van der Waals surface area (Å²) in [5, 5.41) is 3.73. The Morgan fingerprint density at radius 3 is 2.67 bits per heavy atom. The molecule has 1 atom stereocenters. The number of benzene rings is 1. The number of nitrogens with zero attached hydrogens (tertiary/aromatic N) is 1. The van der Waals surface area contributed by atoms with E-state index in [1.54, 1.807) is 11.0 Å². The van der Waals surface area contributed by atoms with Gasteiger partial charge < -0.3 is 10.2 Å². The number of rotatable bonds is 7. The summed E-state index contributed by atoms with van der Waals surface area (Å²) in [6, 6.07) is 7.22. The molecule has 0 saturated heterocycles. The van der Waals surface area contributed by atoms with Crippen LogP contribution in [0.2, 0.25) is 5.02 Å². The molecule has 24 heavy (non-hydrogen) atoms. The van der Waals surface area contributed by atoms with Crippen molar-refractivity contribution in [2.75, 3.05) is 0 Å². The Balaban J connectivity index is 2.08. The van der Waals surface area contributed by atoms with Gasteiger partial charge in [0.2, 0.25) is 11.8 Å². The minimum atomic E-state index is -0.483. The van der Waals surface area contributed by atoms with Crippen LogP contribution < -0.4 is 5.32 Å². The minimum Gasteiger partial charge on any atom is -0.352 e. The molecule has 1 aromatic carbocycles. The van der Waals surface area contributed by atoms with Crippen molar-refractivity contribution in [2.24, 2.45) is 0 Å². The first kappa shape index (κ1) is 18.8. The second kappa shape index (κ2) is 9.07. The maximum absolute atomic E-state index is 12.6. The smallest absolute Gasteiger partial charge is 0.242 e. The van der Waals surface area contributed by atoms with Crippen LogP contribution >= 0.6 is 11.6 Å². The quantitative estimate of drug-likeness (QED) is 0.810. The lowest BCUT2D eigenvalue weighted by atomic mass is 10.1. The number of hydrogen-bond acceptors (Lipinski definition) is 2. The molecule has 1 fully saturated rings. The highest BCUT2D eigenvalue weighted by molar-refractivity contribution is 6.30. The lowest BCUT2D eigenvalue weighted by molar-refractivity contribution is -0.140. The predicted molar refractivity (Wildman–Crippen MR) is 96.8 cm³/mol. The van der Waals surface area contributed by atoms with Crippen molar-refractivity contribution in [3.8, 4) is 0 Å². The molecule has 5 heteroatoms. The Kier molecular flexibility index (Phi) is 7.10.